The highest BCUT2D eigenvalue weighted by molar-refractivity contribution is 4.81. The fraction of sp³-hybridized carbons (Fsp3) is 0.556. The van der Waals surface area contributed by atoms with Crippen LogP contribution in [0.5, 0.6) is 0 Å². The summed E-state index contributed by atoms with van der Waals surface area (Å²) < 4.78 is 4.66. The average molecular weight is 222 g/mol. The first kappa shape index (κ1) is 16.4. The molecule has 0 fully saturated rings. The summed E-state index contributed by atoms with van der Waals surface area (Å²) in [5, 5.41) is 40.9. The highest BCUT2D eigenvalue weighted by atomic mass is 16.5. The largest absolute Gasteiger partial charge is 0.510 e. The monoisotopic (exact) mass is 222 g/mol. The van der Waals surface area contributed by atoms with Gasteiger partial charge in [-0.15, -0.1) is 0 Å². The molecule has 5 N–H and O–H groups in total. The molecule has 0 aromatic carbocycles. The van der Waals surface area contributed by atoms with Crippen LogP contribution in [0.15, 0.2) is 24.7 Å². The molecule has 0 amide bonds. The molecule has 15 heavy (non-hydrogen) atoms. The van der Waals surface area contributed by atoms with Crippen molar-refractivity contribution in [3.8, 4) is 0 Å². The van der Waals surface area contributed by atoms with E-state index in [9.17, 15) is 0 Å². The van der Waals surface area contributed by atoms with Gasteiger partial charge in [-0.25, -0.2) is 0 Å². The predicted octanol–water partition coefficient (Wildman–Crippen LogP) is -0.522. The van der Waals surface area contributed by atoms with Gasteiger partial charge in [0.1, 0.15) is 30.8 Å². The van der Waals surface area contributed by atoms with E-state index in [2.05, 4.69) is 17.9 Å². The van der Waals surface area contributed by atoms with Gasteiger partial charge in [0.25, 0.3) is 0 Å². The van der Waals surface area contributed by atoms with Crippen molar-refractivity contribution in [2.24, 2.45) is 0 Å². The zero-order valence-electron chi connectivity index (χ0n) is 8.46. The third kappa shape index (κ3) is 19.4. The molecule has 0 saturated carbocycles. The first-order valence-corrected chi connectivity index (χ1v) is 4.15. The predicted molar refractivity (Wildman–Crippen MR) is 54.5 cm³/mol. The van der Waals surface area contributed by atoms with Crippen molar-refractivity contribution >= 4 is 0 Å². The topological polar surface area (TPSA) is 110 Å². The lowest BCUT2D eigenvalue weighted by atomic mass is 10.4. The van der Waals surface area contributed by atoms with E-state index in [4.69, 9.17) is 25.5 Å². The average Bonchev–Trinajstić information content (AvgIpc) is 2.16. The zero-order chi connectivity index (χ0) is 12.3. The van der Waals surface area contributed by atoms with Gasteiger partial charge in [0.05, 0.1) is 13.2 Å². The van der Waals surface area contributed by atoms with Gasteiger partial charge in [0.15, 0.2) is 0 Å². The molecule has 0 saturated heterocycles. The molecule has 90 valence electrons. The third-order valence-electron chi connectivity index (χ3n) is 0.959. The second-order valence-corrected chi connectivity index (χ2v) is 2.64. The molecule has 0 spiro atoms. The molecule has 0 aromatic rings. The van der Waals surface area contributed by atoms with E-state index in [1.54, 1.807) is 0 Å². The van der Waals surface area contributed by atoms with Crippen molar-refractivity contribution in [1.29, 1.82) is 0 Å². The Hall–Kier alpha value is -1.08. The normalized spacial score (nSPS) is 9.33. The van der Waals surface area contributed by atoms with Crippen molar-refractivity contribution in [3.63, 3.8) is 0 Å². The maximum absolute atomic E-state index is 8.43. The SMILES string of the molecule is C=C(O)COCC(=C)O.OCC(O)CO. The van der Waals surface area contributed by atoms with Crippen molar-refractivity contribution in [2.45, 2.75) is 6.10 Å². The summed E-state index contributed by atoms with van der Waals surface area (Å²) in [5.41, 5.74) is 0. The molecule has 0 atom stereocenters. The van der Waals surface area contributed by atoms with E-state index in [1.165, 1.54) is 0 Å². The van der Waals surface area contributed by atoms with Gasteiger partial charge >= 0.3 is 0 Å². The summed E-state index contributed by atoms with van der Waals surface area (Å²) in [7, 11) is 0. The van der Waals surface area contributed by atoms with Crippen molar-refractivity contribution in [3.05, 3.63) is 24.7 Å². The standard InChI is InChI=1S/C6H10O3.C3H8O3/c1-5(7)3-9-4-6(2)8;4-1-3(6)2-5/h7-8H,1-4H2;3-6H,1-2H2. The van der Waals surface area contributed by atoms with E-state index in [0.29, 0.717) is 0 Å². The van der Waals surface area contributed by atoms with E-state index in [-0.39, 0.29) is 37.9 Å². The van der Waals surface area contributed by atoms with Gasteiger partial charge in [-0.1, -0.05) is 13.2 Å². The van der Waals surface area contributed by atoms with E-state index in [1.807, 2.05) is 0 Å². The molecule has 0 aromatic heterocycles. The van der Waals surface area contributed by atoms with Crippen LogP contribution in [0, 0.1) is 0 Å². The minimum Gasteiger partial charge on any atom is -0.510 e. The molecule has 0 aliphatic rings. The molecule has 6 heteroatoms. The van der Waals surface area contributed by atoms with Gasteiger partial charge in [-0.05, 0) is 0 Å². The first-order chi connectivity index (χ1) is 6.93. The molecule has 6 nitrogen and oxygen atoms in total. The Balaban J connectivity index is 0. The summed E-state index contributed by atoms with van der Waals surface area (Å²) in [4.78, 5) is 0. The summed E-state index contributed by atoms with van der Waals surface area (Å²) >= 11 is 0. The van der Waals surface area contributed by atoms with Crippen LogP contribution in [0.25, 0.3) is 0 Å². The van der Waals surface area contributed by atoms with Gasteiger partial charge < -0.3 is 30.3 Å². The molecule has 0 radical (unpaired) electrons. The number of rotatable bonds is 6. The van der Waals surface area contributed by atoms with Crippen molar-refractivity contribution in [2.75, 3.05) is 26.4 Å². The molecule has 0 aliphatic carbocycles. The molecule has 0 bridgehead atoms. The van der Waals surface area contributed by atoms with Crippen molar-refractivity contribution in [1.82, 2.24) is 0 Å². The second kappa shape index (κ2) is 11.0. The van der Waals surface area contributed by atoms with Gasteiger partial charge in [-0.2, -0.15) is 0 Å². The van der Waals surface area contributed by atoms with Crippen LogP contribution in [-0.2, 0) is 4.74 Å². The number of aliphatic hydroxyl groups is 5. The molecule has 0 heterocycles. The van der Waals surface area contributed by atoms with E-state index in [0.717, 1.165) is 0 Å². The number of aliphatic hydroxyl groups excluding tert-OH is 5. The highest BCUT2D eigenvalue weighted by Gasteiger charge is 1.93. The summed E-state index contributed by atoms with van der Waals surface area (Å²) in [6, 6.07) is 0. The minimum atomic E-state index is -0.954. The quantitative estimate of drug-likeness (QED) is 0.387. The van der Waals surface area contributed by atoms with Gasteiger partial charge in [0, 0.05) is 0 Å². The Bertz CT molecular complexity index is 161. The molecule has 0 rings (SSSR count). The lowest BCUT2D eigenvalue weighted by molar-refractivity contribution is 0.0450. The first-order valence-electron chi connectivity index (χ1n) is 4.15. The number of hydrogen-bond acceptors (Lipinski definition) is 6. The van der Waals surface area contributed by atoms with Crippen LogP contribution >= 0.6 is 0 Å². The Morgan fingerprint density at radius 3 is 1.47 bits per heavy atom. The fourth-order valence-corrected chi connectivity index (χ4v) is 0.344. The van der Waals surface area contributed by atoms with Crippen LogP contribution in [0.3, 0.4) is 0 Å². The summed E-state index contributed by atoms with van der Waals surface area (Å²) in [6.45, 7) is 5.70. The Morgan fingerprint density at radius 1 is 1.00 bits per heavy atom. The fourth-order valence-electron chi connectivity index (χ4n) is 0.344. The Kier molecular flexibility index (Phi) is 12.0. The summed E-state index contributed by atoms with van der Waals surface area (Å²) in [5.74, 6) is -0.118. The van der Waals surface area contributed by atoms with Gasteiger partial charge in [-0.3, -0.25) is 0 Å². The van der Waals surface area contributed by atoms with Crippen LogP contribution in [-0.4, -0.2) is 58.1 Å². The number of hydrogen-bond donors (Lipinski definition) is 5. The summed E-state index contributed by atoms with van der Waals surface area (Å²) in [6.07, 6.45) is -0.954. The number of ether oxygens (including phenoxy) is 1. The Morgan fingerprint density at radius 2 is 1.33 bits per heavy atom. The maximum Gasteiger partial charge on any atom is 0.111 e. The lowest BCUT2D eigenvalue weighted by Crippen LogP contribution is -2.15. The van der Waals surface area contributed by atoms with Crippen LogP contribution < -0.4 is 0 Å². The Labute approximate surface area is 88.4 Å². The van der Waals surface area contributed by atoms with E-state index < -0.39 is 6.10 Å². The van der Waals surface area contributed by atoms with Gasteiger partial charge in [0.2, 0.25) is 0 Å². The van der Waals surface area contributed by atoms with Crippen LogP contribution in [0.2, 0.25) is 0 Å². The highest BCUT2D eigenvalue weighted by Crippen LogP contribution is 1.88. The van der Waals surface area contributed by atoms with Crippen LogP contribution in [0.1, 0.15) is 0 Å². The minimum absolute atomic E-state index is 0.0412. The molecular formula is C9H18O6. The third-order valence-corrected chi connectivity index (χ3v) is 0.959. The smallest absolute Gasteiger partial charge is 0.111 e. The maximum atomic E-state index is 8.43. The second-order valence-electron chi connectivity index (χ2n) is 2.64. The molecular weight excluding hydrogens is 204 g/mol. The lowest BCUT2D eigenvalue weighted by Gasteiger charge is -1.99. The zero-order valence-corrected chi connectivity index (χ0v) is 8.46. The molecule has 0 aliphatic heterocycles. The molecule has 0 unspecified atom stereocenters. The van der Waals surface area contributed by atoms with E-state index >= 15 is 0 Å². The van der Waals surface area contributed by atoms with Crippen molar-refractivity contribution < 1.29 is 30.3 Å². The van der Waals surface area contributed by atoms with Crippen LogP contribution in [0.4, 0.5) is 0 Å².